The lowest BCUT2D eigenvalue weighted by Crippen LogP contribution is -2.58. The number of amides is 1. The molecule has 7 heteroatoms. The molecule has 0 aromatic heterocycles. The molecule has 1 amide bonds. The van der Waals surface area contributed by atoms with Crippen LogP contribution in [0.3, 0.4) is 0 Å². The molecule has 0 aliphatic carbocycles. The number of hydrogen-bond donors (Lipinski definition) is 1. The number of halogens is 4. The van der Waals surface area contributed by atoms with E-state index in [4.69, 9.17) is 0 Å². The fourth-order valence-corrected chi connectivity index (χ4v) is 2.51. The highest BCUT2D eigenvalue weighted by atomic mass is 79.9. The first kappa shape index (κ1) is 15.3. The summed E-state index contributed by atoms with van der Waals surface area (Å²) in [5.41, 5.74) is -1.20. The van der Waals surface area contributed by atoms with E-state index >= 15 is 0 Å². The number of hydrogen-bond acceptors (Lipinski definition) is 2. The highest BCUT2D eigenvalue weighted by Crippen LogP contribution is 2.34. The van der Waals surface area contributed by atoms with Gasteiger partial charge in [-0.25, -0.2) is 0 Å². The standard InChI is InChI=1S/C13H14BrF3N2O/c1-2-19(9-6-18-7-9)12(20)10-4-3-8(14)5-11(10)13(15,16)17/h3-5,9,18H,2,6-7H2,1H3. The van der Waals surface area contributed by atoms with Gasteiger partial charge in [0.2, 0.25) is 0 Å². The number of alkyl halides is 3. The van der Waals surface area contributed by atoms with Crippen LogP contribution in [0.15, 0.2) is 22.7 Å². The Morgan fingerprint density at radius 2 is 2.10 bits per heavy atom. The van der Waals surface area contributed by atoms with Crippen LogP contribution in [0.25, 0.3) is 0 Å². The van der Waals surface area contributed by atoms with Crippen molar-refractivity contribution in [3.63, 3.8) is 0 Å². The second-order valence-electron chi connectivity index (χ2n) is 4.59. The van der Waals surface area contributed by atoms with Crippen molar-refractivity contribution >= 4 is 21.8 Å². The van der Waals surface area contributed by atoms with Gasteiger partial charge in [-0.1, -0.05) is 15.9 Å². The Morgan fingerprint density at radius 3 is 2.55 bits per heavy atom. The molecular formula is C13H14BrF3N2O. The van der Waals surface area contributed by atoms with Gasteiger partial charge in [-0.2, -0.15) is 13.2 Å². The molecule has 1 saturated heterocycles. The van der Waals surface area contributed by atoms with Crippen molar-refractivity contribution in [2.75, 3.05) is 19.6 Å². The van der Waals surface area contributed by atoms with Gasteiger partial charge in [0.05, 0.1) is 17.2 Å². The maximum atomic E-state index is 13.0. The maximum absolute atomic E-state index is 13.0. The Labute approximate surface area is 123 Å². The van der Waals surface area contributed by atoms with E-state index in [9.17, 15) is 18.0 Å². The fraction of sp³-hybridized carbons (Fsp3) is 0.462. The van der Waals surface area contributed by atoms with Crippen LogP contribution in [0, 0.1) is 0 Å². The van der Waals surface area contributed by atoms with Crippen LogP contribution in [0.5, 0.6) is 0 Å². The fourth-order valence-electron chi connectivity index (χ4n) is 2.15. The predicted molar refractivity (Wildman–Crippen MR) is 72.5 cm³/mol. The van der Waals surface area contributed by atoms with Crippen molar-refractivity contribution in [1.29, 1.82) is 0 Å². The van der Waals surface area contributed by atoms with E-state index in [0.29, 0.717) is 24.1 Å². The molecule has 1 heterocycles. The number of nitrogens with one attached hydrogen (secondary N) is 1. The lowest BCUT2D eigenvalue weighted by molar-refractivity contribution is -0.138. The summed E-state index contributed by atoms with van der Waals surface area (Å²) in [6, 6.07) is 3.59. The third-order valence-electron chi connectivity index (χ3n) is 3.32. The molecule has 1 aliphatic heterocycles. The van der Waals surface area contributed by atoms with Crippen molar-refractivity contribution in [2.45, 2.75) is 19.1 Å². The molecule has 0 unspecified atom stereocenters. The molecule has 1 aromatic rings. The first-order valence-electron chi connectivity index (χ1n) is 6.23. The first-order valence-corrected chi connectivity index (χ1v) is 7.02. The molecule has 1 aliphatic rings. The van der Waals surface area contributed by atoms with Crippen LogP contribution in [-0.4, -0.2) is 36.5 Å². The van der Waals surface area contributed by atoms with E-state index in [-0.39, 0.29) is 11.6 Å². The van der Waals surface area contributed by atoms with Gasteiger partial charge < -0.3 is 10.2 Å². The number of rotatable bonds is 3. The number of carbonyl (C=O) groups is 1. The minimum atomic E-state index is -4.55. The van der Waals surface area contributed by atoms with E-state index < -0.39 is 17.6 Å². The molecule has 1 fully saturated rings. The normalized spacial score (nSPS) is 15.8. The number of benzene rings is 1. The van der Waals surface area contributed by atoms with Crippen molar-refractivity contribution in [3.8, 4) is 0 Å². The molecule has 0 radical (unpaired) electrons. The van der Waals surface area contributed by atoms with E-state index in [0.717, 1.165) is 6.07 Å². The third-order valence-corrected chi connectivity index (χ3v) is 3.81. The number of nitrogens with zero attached hydrogens (tertiary/aromatic N) is 1. The minimum absolute atomic E-state index is 0.0303. The summed E-state index contributed by atoms with van der Waals surface area (Å²) in [5.74, 6) is -0.571. The van der Waals surface area contributed by atoms with Crippen molar-refractivity contribution in [1.82, 2.24) is 10.2 Å². The SMILES string of the molecule is CCN(C(=O)c1ccc(Br)cc1C(F)(F)F)C1CNC1. The van der Waals surface area contributed by atoms with E-state index in [2.05, 4.69) is 21.2 Å². The van der Waals surface area contributed by atoms with Crippen LogP contribution in [0.2, 0.25) is 0 Å². The van der Waals surface area contributed by atoms with Gasteiger partial charge >= 0.3 is 6.18 Å². The third kappa shape index (κ3) is 2.98. The Hall–Kier alpha value is -1.08. The summed E-state index contributed by atoms with van der Waals surface area (Å²) in [5, 5.41) is 3.01. The van der Waals surface area contributed by atoms with Gasteiger partial charge in [0.1, 0.15) is 0 Å². The van der Waals surface area contributed by atoms with Gasteiger partial charge in [0, 0.05) is 24.1 Å². The zero-order valence-electron chi connectivity index (χ0n) is 10.8. The molecule has 20 heavy (non-hydrogen) atoms. The minimum Gasteiger partial charge on any atom is -0.333 e. The molecule has 3 nitrogen and oxygen atoms in total. The zero-order chi connectivity index (χ0) is 14.9. The van der Waals surface area contributed by atoms with Crippen molar-refractivity contribution in [3.05, 3.63) is 33.8 Å². The molecule has 2 rings (SSSR count). The Bertz CT molecular complexity index is 515. The zero-order valence-corrected chi connectivity index (χ0v) is 12.4. The van der Waals surface area contributed by atoms with Gasteiger partial charge in [-0.15, -0.1) is 0 Å². The molecule has 0 saturated carbocycles. The van der Waals surface area contributed by atoms with Gasteiger partial charge in [-0.05, 0) is 25.1 Å². The second-order valence-corrected chi connectivity index (χ2v) is 5.51. The quantitative estimate of drug-likeness (QED) is 0.908. The molecule has 1 aromatic carbocycles. The largest absolute Gasteiger partial charge is 0.417 e. The average molecular weight is 351 g/mol. The second kappa shape index (κ2) is 5.73. The topological polar surface area (TPSA) is 32.3 Å². The van der Waals surface area contributed by atoms with Crippen LogP contribution in [0.1, 0.15) is 22.8 Å². The van der Waals surface area contributed by atoms with Crippen LogP contribution in [-0.2, 0) is 6.18 Å². The van der Waals surface area contributed by atoms with Crippen LogP contribution < -0.4 is 5.32 Å². The monoisotopic (exact) mass is 350 g/mol. The average Bonchev–Trinajstić information content (AvgIpc) is 2.31. The summed E-state index contributed by atoms with van der Waals surface area (Å²) >= 11 is 3.01. The van der Waals surface area contributed by atoms with Crippen molar-refractivity contribution in [2.24, 2.45) is 0 Å². The Balaban J connectivity index is 2.38. The number of carbonyl (C=O) groups excluding carboxylic acids is 1. The van der Waals surface area contributed by atoms with E-state index in [1.54, 1.807) is 6.92 Å². The maximum Gasteiger partial charge on any atom is 0.417 e. The van der Waals surface area contributed by atoms with Gasteiger partial charge in [-0.3, -0.25) is 4.79 Å². The number of likely N-dealkylation sites (N-methyl/N-ethyl adjacent to an activating group) is 1. The molecular weight excluding hydrogens is 337 g/mol. The predicted octanol–water partition coefficient (Wildman–Crippen LogP) is 2.90. The highest BCUT2D eigenvalue weighted by Gasteiger charge is 2.37. The van der Waals surface area contributed by atoms with Gasteiger partial charge in [0.15, 0.2) is 0 Å². The highest BCUT2D eigenvalue weighted by molar-refractivity contribution is 9.10. The smallest absolute Gasteiger partial charge is 0.333 e. The Kier molecular flexibility index (Phi) is 4.39. The van der Waals surface area contributed by atoms with E-state index in [1.807, 2.05) is 0 Å². The van der Waals surface area contributed by atoms with Crippen molar-refractivity contribution < 1.29 is 18.0 Å². The summed E-state index contributed by atoms with van der Waals surface area (Å²) in [7, 11) is 0. The first-order chi connectivity index (χ1) is 9.34. The Morgan fingerprint density at radius 1 is 1.45 bits per heavy atom. The van der Waals surface area contributed by atoms with E-state index in [1.165, 1.54) is 17.0 Å². The van der Waals surface area contributed by atoms with Crippen LogP contribution in [0.4, 0.5) is 13.2 Å². The molecule has 1 N–H and O–H groups in total. The molecule has 0 bridgehead atoms. The molecule has 0 atom stereocenters. The summed E-state index contributed by atoms with van der Waals surface area (Å²) in [6.07, 6.45) is -4.55. The molecule has 0 spiro atoms. The van der Waals surface area contributed by atoms with Gasteiger partial charge in [0.25, 0.3) is 5.91 Å². The lowest BCUT2D eigenvalue weighted by atomic mass is 10.0. The lowest BCUT2D eigenvalue weighted by Gasteiger charge is -2.38. The van der Waals surface area contributed by atoms with Crippen LogP contribution >= 0.6 is 15.9 Å². The summed E-state index contributed by atoms with van der Waals surface area (Å²) in [6.45, 7) is 3.40. The summed E-state index contributed by atoms with van der Waals surface area (Å²) in [4.78, 5) is 13.9. The summed E-state index contributed by atoms with van der Waals surface area (Å²) < 4.78 is 39.4. The molecule has 110 valence electrons.